The van der Waals surface area contributed by atoms with Crippen molar-refractivity contribution >= 4 is 23.6 Å². The van der Waals surface area contributed by atoms with E-state index in [0.717, 1.165) is 17.7 Å². The molecule has 0 amide bonds. The Morgan fingerprint density at radius 1 is 1.07 bits per heavy atom. The number of halogens is 1. The summed E-state index contributed by atoms with van der Waals surface area (Å²) < 4.78 is 4.19. The molecular formula is C20H28ClN5O3. The summed E-state index contributed by atoms with van der Waals surface area (Å²) >= 11 is 0. The molecule has 0 spiro atoms. The van der Waals surface area contributed by atoms with E-state index in [1.54, 1.807) is 11.6 Å². The number of aromatic nitrogens is 4. The summed E-state index contributed by atoms with van der Waals surface area (Å²) in [5, 5.41) is 11.0. The van der Waals surface area contributed by atoms with Crippen molar-refractivity contribution in [2.75, 3.05) is 19.6 Å². The molecule has 1 aromatic carbocycles. The Labute approximate surface area is 175 Å². The van der Waals surface area contributed by atoms with E-state index in [-0.39, 0.29) is 18.1 Å². The number of nitrogens with zero attached hydrogens (tertiary/aromatic N) is 5. The van der Waals surface area contributed by atoms with E-state index in [1.807, 2.05) is 30.3 Å². The molecule has 0 aliphatic rings. The Kier molecular flexibility index (Phi) is 7.40. The summed E-state index contributed by atoms with van der Waals surface area (Å²) in [6.45, 7) is 7.13. The number of imidazole rings is 1. The first-order chi connectivity index (χ1) is 13.4. The summed E-state index contributed by atoms with van der Waals surface area (Å²) in [7, 11) is 3.05. The second-order valence-corrected chi connectivity index (χ2v) is 6.84. The summed E-state index contributed by atoms with van der Waals surface area (Å²) in [6, 6.07) is 9.19. The van der Waals surface area contributed by atoms with Gasteiger partial charge in [0.05, 0.1) is 0 Å². The zero-order valence-electron chi connectivity index (χ0n) is 17.2. The molecule has 9 heteroatoms. The van der Waals surface area contributed by atoms with E-state index < -0.39 is 17.4 Å². The van der Waals surface area contributed by atoms with Gasteiger partial charge in [-0.1, -0.05) is 44.2 Å². The lowest BCUT2D eigenvalue weighted by atomic mass is 10.1. The number of aliphatic hydroxyl groups excluding tert-OH is 1. The smallest absolute Gasteiger partial charge is 0.332 e. The number of aryl methyl sites for hydroxylation is 1. The van der Waals surface area contributed by atoms with Crippen molar-refractivity contribution in [3.63, 3.8) is 0 Å². The Morgan fingerprint density at radius 3 is 2.28 bits per heavy atom. The maximum atomic E-state index is 12.9. The van der Waals surface area contributed by atoms with Crippen LogP contribution >= 0.6 is 12.4 Å². The molecule has 8 nitrogen and oxygen atoms in total. The molecule has 0 saturated carbocycles. The molecule has 158 valence electrons. The van der Waals surface area contributed by atoms with Crippen molar-refractivity contribution in [2.24, 2.45) is 14.1 Å². The molecule has 0 saturated heterocycles. The largest absolute Gasteiger partial charge is 0.380 e. The van der Waals surface area contributed by atoms with Crippen LogP contribution in [0.3, 0.4) is 0 Å². The normalized spacial score (nSPS) is 12.3. The first-order valence-electron chi connectivity index (χ1n) is 9.52. The summed E-state index contributed by atoms with van der Waals surface area (Å²) in [5.74, 6) is 0.367. The Morgan fingerprint density at radius 2 is 1.69 bits per heavy atom. The predicted molar refractivity (Wildman–Crippen MR) is 116 cm³/mol. The van der Waals surface area contributed by atoms with Crippen molar-refractivity contribution in [3.8, 4) is 0 Å². The van der Waals surface area contributed by atoms with Gasteiger partial charge in [-0.2, -0.15) is 0 Å². The number of fused-ring (bicyclic) bond motifs is 1. The summed E-state index contributed by atoms with van der Waals surface area (Å²) in [4.78, 5) is 32.0. The van der Waals surface area contributed by atoms with Crippen LogP contribution in [0.4, 0.5) is 0 Å². The van der Waals surface area contributed by atoms with Gasteiger partial charge in [0.1, 0.15) is 11.9 Å². The van der Waals surface area contributed by atoms with Crippen LogP contribution in [-0.4, -0.2) is 48.3 Å². The van der Waals surface area contributed by atoms with Crippen LogP contribution in [-0.2, 0) is 20.6 Å². The maximum Gasteiger partial charge on any atom is 0.332 e. The van der Waals surface area contributed by atoms with E-state index >= 15 is 0 Å². The monoisotopic (exact) mass is 421 g/mol. The van der Waals surface area contributed by atoms with Gasteiger partial charge in [0, 0.05) is 27.2 Å². The molecular weight excluding hydrogens is 394 g/mol. The number of aliphatic hydroxyl groups is 1. The molecule has 0 bridgehead atoms. The van der Waals surface area contributed by atoms with Crippen LogP contribution in [0.5, 0.6) is 0 Å². The lowest BCUT2D eigenvalue weighted by molar-refractivity contribution is 0.202. The third kappa shape index (κ3) is 4.14. The fraction of sp³-hybridized carbons (Fsp3) is 0.450. The summed E-state index contributed by atoms with van der Waals surface area (Å²) in [6.07, 6.45) is -0.995. The molecule has 0 radical (unpaired) electrons. The van der Waals surface area contributed by atoms with Crippen molar-refractivity contribution < 1.29 is 5.11 Å². The Bertz CT molecular complexity index is 1080. The van der Waals surface area contributed by atoms with E-state index in [0.29, 0.717) is 30.0 Å². The molecule has 3 rings (SSSR count). The van der Waals surface area contributed by atoms with Crippen LogP contribution in [0.15, 0.2) is 39.9 Å². The molecule has 3 aromatic rings. The molecule has 0 aliphatic carbocycles. The van der Waals surface area contributed by atoms with Gasteiger partial charge in [0.25, 0.3) is 5.56 Å². The molecule has 2 aromatic heterocycles. The highest BCUT2D eigenvalue weighted by Gasteiger charge is 2.24. The number of benzene rings is 1. The van der Waals surface area contributed by atoms with Crippen LogP contribution in [0, 0.1) is 0 Å². The third-order valence-corrected chi connectivity index (χ3v) is 5.27. The average Bonchev–Trinajstić information content (AvgIpc) is 3.11. The first kappa shape index (κ1) is 22.9. The minimum atomic E-state index is -0.995. The van der Waals surface area contributed by atoms with Gasteiger partial charge in [-0.3, -0.25) is 13.9 Å². The lowest BCUT2D eigenvalue weighted by Gasteiger charge is -2.20. The van der Waals surface area contributed by atoms with Gasteiger partial charge in [0.2, 0.25) is 0 Å². The van der Waals surface area contributed by atoms with Gasteiger partial charge >= 0.3 is 5.69 Å². The number of hydrogen-bond donors (Lipinski definition) is 1. The third-order valence-electron chi connectivity index (χ3n) is 5.27. The van der Waals surface area contributed by atoms with E-state index in [4.69, 9.17) is 0 Å². The van der Waals surface area contributed by atoms with E-state index in [2.05, 4.69) is 23.7 Å². The van der Waals surface area contributed by atoms with Gasteiger partial charge in [-0.25, -0.2) is 9.78 Å². The highest BCUT2D eigenvalue weighted by atomic mass is 35.5. The zero-order valence-corrected chi connectivity index (χ0v) is 18.0. The van der Waals surface area contributed by atoms with Gasteiger partial charge in [0.15, 0.2) is 11.2 Å². The first-order valence-corrected chi connectivity index (χ1v) is 9.52. The van der Waals surface area contributed by atoms with E-state index in [9.17, 15) is 14.7 Å². The van der Waals surface area contributed by atoms with Crippen LogP contribution in [0.25, 0.3) is 11.2 Å². The minimum absolute atomic E-state index is 0. The SMILES string of the molecule is CCN(CC)CCn1c(C(O)c2ccccc2)nc2c1c(=O)n(C)c(=O)n2C.Cl. The van der Waals surface area contributed by atoms with Gasteiger partial charge < -0.3 is 14.6 Å². The molecule has 1 N–H and O–H groups in total. The highest BCUT2D eigenvalue weighted by molar-refractivity contribution is 5.85. The predicted octanol–water partition coefficient (Wildman–Crippen LogP) is 1.28. The van der Waals surface area contributed by atoms with Gasteiger partial charge in [-0.05, 0) is 18.7 Å². The fourth-order valence-corrected chi connectivity index (χ4v) is 3.46. The molecule has 29 heavy (non-hydrogen) atoms. The molecule has 1 atom stereocenters. The number of likely N-dealkylation sites (N-methyl/N-ethyl adjacent to an activating group) is 1. The maximum absolute atomic E-state index is 12.9. The zero-order chi connectivity index (χ0) is 20.4. The second kappa shape index (κ2) is 9.39. The lowest BCUT2D eigenvalue weighted by Crippen LogP contribution is -2.38. The highest BCUT2D eigenvalue weighted by Crippen LogP contribution is 2.24. The van der Waals surface area contributed by atoms with Gasteiger partial charge in [-0.15, -0.1) is 12.4 Å². The van der Waals surface area contributed by atoms with Crippen LogP contribution < -0.4 is 11.2 Å². The van der Waals surface area contributed by atoms with Crippen LogP contribution in [0.1, 0.15) is 31.3 Å². The number of rotatable bonds is 7. The van der Waals surface area contributed by atoms with Crippen molar-refractivity contribution in [1.29, 1.82) is 0 Å². The average molecular weight is 422 g/mol. The topological polar surface area (TPSA) is 85.3 Å². The number of hydrogen-bond acceptors (Lipinski definition) is 5. The summed E-state index contributed by atoms with van der Waals surface area (Å²) in [5.41, 5.74) is 0.464. The van der Waals surface area contributed by atoms with Crippen molar-refractivity contribution in [3.05, 3.63) is 62.6 Å². The quantitative estimate of drug-likeness (QED) is 0.621. The molecule has 0 fully saturated rings. The Balaban J connectivity index is 0.00000300. The molecule has 0 aliphatic heterocycles. The Hall–Kier alpha value is -2.42. The van der Waals surface area contributed by atoms with Crippen molar-refractivity contribution in [1.82, 2.24) is 23.6 Å². The van der Waals surface area contributed by atoms with E-state index in [1.165, 1.54) is 11.6 Å². The second-order valence-electron chi connectivity index (χ2n) is 6.84. The molecule has 1 unspecified atom stereocenters. The molecule has 2 heterocycles. The minimum Gasteiger partial charge on any atom is -0.380 e. The fourth-order valence-electron chi connectivity index (χ4n) is 3.46. The van der Waals surface area contributed by atoms with Crippen LogP contribution in [0.2, 0.25) is 0 Å². The van der Waals surface area contributed by atoms with Crippen molar-refractivity contribution in [2.45, 2.75) is 26.5 Å². The standard InChI is InChI=1S/C20H27N5O3.ClH/c1-5-24(6-2)12-13-25-15-17(22(3)20(28)23(4)19(15)27)21-18(25)16(26)14-10-8-7-9-11-14;/h7-11,16,26H,5-6,12-13H2,1-4H3;1H.